The van der Waals surface area contributed by atoms with Crippen molar-refractivity contribution in [2.75, 3.05) is 0 Å². The van der Waals surface area contributed by atoms with Gasteiger partial charge in [-0.2, -0.15) is 0 Å². The molecule has 0 N–H and O–H groups in total. The second kappa shape index (κ2) is 2.87. The Balaban J connectivity index is 1.87. The van der Waals surface area contributed by atoms with Crippen LogP contribution < -0.4 is 0 Å². The first-order chi connectivity index (χ1) is 6.40. The van der Waals surface area contributed by atoms with E-state index in [1.165, 1.54) is 19.3 Å². The highest BCUT2D eigenvalue weighted by Crippen LogP contribution is 2.59. The van der Waals surface area contributed by atoms with Crippen molar-refractivity contribution in [3.05, 3.63) is 11.6 Å². The third-order valence-corrected chi connectivity index (χ3v) is 4.90. The van der Waals surface area contributed by atoms with Gasteiger partial charge in [-0.05, 0) is 56.3 Å². The molecule has 3 aliphatic rings. The maximum Gasteiger partial charge on any atom is -0.0169 e. The lowest BCUT2D eigenvalue weighted by molar-refractivity contribution is 0.187. The molecule has 72 valence electrons. The van der Waals surface area contributed by atoms with Gasteiger partial charge in [0.15, 0.2) is 0 Å². The average Bonchev–Trinajstić information content (AvgIpc) is 2.75. The molecule has 3 saturated carbocycles. The molecule has 0 nitrogen and oxygen atoms in total. The molecule has 3 rings (SSSR count). The summed E-state index contributed by atoms with van der Waals surface area (Å²) in [6, 6.07) is 0. The molecule has 2 bridgehead atoms. The van der Waals surface area contributed by atoms with Gasteiger partial charge in [-0.1, -0.05) is 24.5 Å². The molecule has 4 atom stereocenters. The summed E-state index contributed by atoms with van der Waals surface area (Å²) >= 11 is 0. The zero-order valence-corrected chi connectivity index (χ0v) is 8.63. The number of hydrogen-bond acceptors (Lipinski definition) is 0. The van der Waals surface area contributed by atoms with Crippen LogP contribution in [0.2, 0.25) is 0 Å². The van der Waals surface area contributed by atoms with Crippen molar-refractivity contribution in [2.45, 2.75) is 45.4 Å². The van der Waals surface area contributed by atoms with Crippen LogP contribution in [0.4, 0.5) is 0 Å². The highest BCUT2D eigenvalue weighted by Gasteiger charge is 2.49. The first-order valence-electron chi connectivity index (χ1n) is 6.05. The summed E-state index contributed by atoms with van der Waals surface area (Å²) in [5.41, 5.74) is 1.81. The van der Waals surface area contributed by atoms with Gasteiger partial charge in [0.2, 0.25) is 0 Å². The van der Waals surface area contributed by atoms with E-state index in [0.717, 1.165) is 23.7 Å². The van der Waals surface area contributed by atoms with Gasteiger partial charge in [-0.25, -0.2) is 0 Å². The smallest absolute Gasteiger partial charge is 0.0169 e. The Bertz CT molecular complexity index is 238. The molecule has 0 heterocycles. The zero-order valence-electron chi connectivity index (χ0n) is 8.63. The SMILES string of the molecule is C/C=C1\CC2CC1C1CCCCC21. The number of fused-ring (bicyclic) bond motifs is 5. The lowest BCUT2D eigenvalue weighted by Crippen LogP contribution is -2.26. The molecule has 0 aromatic carbocycles. The first kappa shape index (κ1) is 8.08. The number of rotatable bonds is 0. The van der Waals surface area contributed by atoms with Crippen molar-refractivity contribution in [1.82, 2.24) is 0 Å². The third kappa shape index (κ3) is 1.04. The summed E-state index contributed by atoms with van der Waals surface area (Å²) in [6.07, 6.45) is 11.6. The summed E-state index contributed by atoms with van der Waals surface area (Å²) in [5.74, 6) is 4.38. The van der Waals surface area contributed by atoms with Gasteiger partial charge in [0, 0.05) is 0 Å². The fourth-order valence-corrected chi connectivity index (χ4v) is 4.40. The Hall–Kier alpha value is -0.260. The largest absolute Gasteiger partial charge is 0.0882 e. The van der Waals surface area contributed by atoms with Crippen molar-refractivity contribution < 1.29 is 0 Å². The molecule has 0 saturated heterocycles. The van der Waals surface area contributed by atoms with Crippen molar-refractivity contribution >= 4 is 0 Å². The summed E-state index contributed by atoms with van der Waals surface area (Å²) in [4.78, 5) is 0. The van der Waals surface area contributed by atoms with E-state index in [4.69, 9.17) is 0 Å². The molecule has 0 spiro atoms. The molecule has 0 aromatic rings. The standard InChI is InChI=1S/C13H20/c1-2-9-7-10-8-13(9)12-6-4-3-5-11(10)12/h2,10-13H,3-8H2,1H3/b9-2+. The maximum atomic E-state index is 2.41. The third-order valence-electron chi connectivity index (χ3n) is 4.90. The minimum absolute atomic E-state index is 1.03. The van der Waals surface area contributed by atoms with Gasteiger partial charge in [0.25, 0.3) is 0 Å². The molecule has 0 radical (unpaired) electrons. The van der Waals surface area contributed by atoms with Crippen LogP contribution in [0.1, 0.15) is 45.4 Å². The molecule has 0 heteroatoms. The Morgan fingerprint density at radius 2 is 1.92 bits per heavy atom. The highest BCUT2D eigenvalue weighted by atomic mass is 14.5. The molecule has 13 heavy (non-hydrogen) atoms. The van der Waals surface area contributed by atoms with E-state index in [1.54, 1.807) is 19.3 Å². The fraction of sp³-hybridized carbons (Fsp3) is 0.846. The van der Waals surface area contributed by atoms with Crippen LogP contribution in [0, 0.1) is 23.7 Å². The van der Waals surface area contributed by atoms with Gasteiger partial charge in [-0.3, -0.25) is 0 Å². The van der Waals surface area contributed by atoms with Crippen LogP contribution in [0.5, 0.6) is 0 Å². The Morgan fingerprint density at radius 3 is 2.69 bits per heavy atom. The number of hydrogen-bond donors (Lipinski definition) is 0. The van der Waals surface area contributed by atoms with Gasteiger partial charge in [0.05, 0.1) is 0 Å². The van der Waals surface area contributed by atoms with Gasteiger partial charge in [-0.15, -0.1) is 0 Å². The molecule has 0 aromatic heterocycles. The van der Waals surface area contributed by atoms with E-state index in [0.29, 0.717) is 0 Å². The molecule has 4 unspecified atom stereocenters. The molecular formula is C13H20. The van der Waals surface area contributed by atoms with Crippen molar-refractivity contribution in [2.24, 2.45) is 23.7 Å². The van der Waals surface area contributed by atoms with Crippen molar-refractivity contribution in [3.63, 3.8) is 0 Å². The van der Waals surface area contributed by atoms with E-state index in [-0.39, 0.29) is 0 Å². The quantitative estimate of drug-likeness (QED) is 0.493. The van der Waals surface area contributed by atoms with Gasteiger partial charge >= 0.3 is 0 Å². The van der Waals surface area contributed by atoms with Crippen LogP contribution in [-0.4, -0.2) is 0 Å². The molecule has 3 fully saturated rings. The summed E-state index contributed by atoms with van der Waals surface area (Å²) in [5, 5.41) is 0. The Morgan fingerprint density at radius 1 is 1.15 bits per heavy atom. The minimum Gasteiger partial charge on any atom is -0.0882 e. The second-order valence-corrected chi connectivity index (χ2v) is 5.28. The van der Waals surface area contributed by atoms with Crippen LogP contribution in [0.25, 0.3) is 0 Å². The molecular weight excluding hydrogens is 156 g/mol. The second-order valence-electron chi connectivity index (χ2n) is 5.28. The van der Waals surface area contributed by atoms with Crippen LogP contribution >= 0.6 is 0 Å². The van der Waals surface area contributed by atoms with Crippen LogP contribution in [0.15, 0.2) is 11.6 Å². The normalized spacial score (nSPS) is 51.3. The lowest BCUT2D eigenvalue weighted by atomic mass is 9.69. The van der Waals surface area contributed by atoms with E-state index in [2.05, 4.69) is 13.0 Å². The summed E-state index contributed by atoms with van der Waals surface area (Å²) in [7, 11) is 0. The maximum absolute atomic E-state index is 2.41. The van der Waals surface area contributed by atoms with Crippen LogP contribution in [0.3, 0.4) is 0 Å². The molecule has 0 aliphatic heterocycles. The van der Waals surface area contributed by atoms with Gasteiger partial charge < -0.3 is 0 Å². The molecule has 0 amide bonds. The predicted molar refractivity (Wildman–Crippen MR) is 55.4 cm³/mol. The summed E-state index contributed by atoms with van der Waals surface area (Å²) in [6.45, 7) is 2.24. The predicted octanol–water partition coefficient (Wildman–Crippen LogP) is 3.78. The van der Waals surface area contributed by atoms with Crippen molar-refractivity contribution in [3.8, 4) is 0 Å². The fourth-order valence-electron chi connectivity index (χ4n) is 4.40. The average molecular weight is 176 g/mol. The summed E-state index contributed by atoms with van der Waals surface area (Å²) < 4.78 is 0. The van der Waals surface area contributed by atoms with E-state index in [9.17, 15) is 0 Å². The topological polar surface area (TPSA) is 0 Å². The monoisotopic (exact) mass is 176 g/mol. The zero-order chi connectivity index (χ0) is 8.84. The van der Waals surface area contributed by atoms with Crippen molar-refractivity contribution in [1.29, 1.82) is 0 Å². The van der Waals surface area contributed by atoms with E-state index in [1.807, 2.05) is 5.57 Å². The van der Waals surface area contributed by atoms with Gasteiger partial charge in [0.1, 0.15) is 0 Å². The first-order valence-corrected chi connectivity index (χ1v) is 6.05. The highest BCUT2D eigenvalue weighted by molar-refractivity contribution is 5.20. The number of allylic oxidation sites excluding steroid dienone is 2. The minimum atomic E-state index is 1.03. The van der Waals surface area contributed by atoms with Crippen LogP contribution in [-0.2, 0) is 0 Å². The van der Waals surface area contributed by atoms with E-state index < -0.39 is 0 Å². The Labute approximate surface area is 81.4 Å². The van der Waals surface area contributed by atoms with E-state index >= 15 is 0 Å². The molecule has 3 aliphatic carbocycles. The lowest BCUT2D eigenvalue weighted by Gasteiger charge is -2.36. The Kier molecular flexibility index (Phi) is 1.78.